The molecule has 5 nitrogen and oxygen atoms in total. The van der Waals surface area contributed by atoms with Crippen molar-refractivity contribution >= 4 is 5.78 Å². The van der Waals surface area contributed by atoms with Gasteiger partial charge in [0.25, 0.3) is 5.78 Å². The van der Waals surface area contributed by atoms with Crippen molar-refractivity contribution in [2.45, 2.75) is 25.3 Å². The van der Waals surface area contributed by atoms with Gasteiger partial charge in [-0.2, -0.15) is 4.98 Å². The molecule has 2 N–H and O–H groups in total. The van der Waals surface area contributed by atoms with E-state index in [1.54, 1.807) is 4.52 Å². The lowest BCUT2D eigenvalue weighted by Crippen LogP contribution is -1.98. The van der Waals surface area contributed by atoms with E-state index < -0.39 is 0 Å². The molecule has 1 fully saturated rings. The number of fused-ring (bicyclic) bond motifs is 1. The first-order chi connectivity index (χ1) is 6.86. The molecule has 0 aromatic carbocycles. The van der Waals surface area contributed by atoms with Crippen LogP contribution in [0, 0.1) is 0 Å². The van der Waals surface area contributed by atoms with Gasteiger partial charge in [0.05, 0.1) is 6.54 Å². The number of nitrogens with zero attached hydrogens (tertiary/aromatic N) is 4. The summed E-state index contributed by atoms with van der Waals surface area (Å²) in [5.41, 5.74) is 6.71. The van der Waals surface area contributed by atoms with Crippen LogP contribution in [-0.2, 0) is 6.54 Å². The van der Waals surface area contributed by atoms with Crippen LogP contribution in [0.25, 0.3) is 5.78 Å². The number of aromatic nitrogens is 4. The minimum atomic E-state index is 0.363. The molecule has 0 aliphatic heterocycles. The third-order valence-electron chi connectivity index (χ3n) is 2.49. The van der Waals surface area contributed by atoms with E-state index in [-0.39, 0.29) is 0 Å². The largest absolute Gasteiger partial charge is 0.324 e. The maximum absolute atomic E-state index is 5.46. The fourth-order valence-corrected chi connectivity index (χ4v) is 1.55. The summed E-state index contributed by atoms with van der Waals surface area (Å²) in [6.07, 6.45) is 6.44. The lowest BCUT2D eigenvalue weighted by atomic mass is 10.2. The van der Waals surface area contributed by atoms with Crippen molar-refractivity contribution in [1.29, 1.82) is 0 Å². The van der Waals surface area contributed by atoms with Gasteiger partial charge in [-0.15, -0.1) is 5.10 Å². The summed E-state index contributed by atoms with van der Waals surface area (Å²) >= 11 is 0. The molecule has 2 aromatic heterocycles. The molecule has 14 heavy (non-hydrogen) atoms. The van der Waals surface area contributed by atoms with Crippen molar-refractivity contribution in [3.05, 3.63) is 23.8 Å². The third kappa shape index (κ3) is 1.17. The summed E-state index contributed by atoms with van der Waals surface area (Å²) < 4.78 is 1.72. The Morgan fingerprint density at radius 2 is 2.36 bits per heavy atom. The fraction of sp³-hybridized carbons (Fsp3) is 0.444. The molecule has 0 spiro atoms. The van der Waals surface area contributed by atoms with Gasteiger partial charge in [-0.3, -0.25) is 0 Å². The smallest absolute Gasteiger partial charge is 0.252 e. The molecule has 2 aromatic rings. The molecule has 0 saturated heterocycles. The number of hydrogen-bond acceptors (Lipinski definition) is 4. The number of hydrogen-bond donors (Lipinski definition) is 1. The molecule has 0 radical (unpaired) electrons. The summed E-state index contributed by atoms with van der Waals surface area (Å²) in [6.45, 7) is 0.363. The summed E-state index contributed by atoms with van der Waals surface area (Å²) in [5, 5.41) is 4.22. The zero-order valence-electron chi connectivity index (χ0n) is 7.72. The van der Waals surface area contributed by atoms with Gasteiger partial charge in [0.2, 0.25) is 0 Å². The summed E-state index contributed by atoms with van der Waals surface area (Å²) in [7, 11) is 0. The van der Waals surface area contributed by atoms with E-state index in [0.29, 0.717) is 24.1 Å². The van der Waals surface area contributed by atoms with Crippen LogP contribution < -0.4 is 5.73 Å². The molecule has 0 atom stereocenters. The minimum Gasteiger partial charge on any atom is -0.324 e. The first-order valence-corrected chi connectivity index (χ1v) is 4.78. The van der Waals surface area contributed by atoms with Gasteiger partial charge < -0.3 is 5.73 Å². The van der Waals surface area contributed by atoms with E-state index >= 15 is 0 Å². The monoisotopic (exact) mass is 189 g/mol. The first-order valence-electron chi connectivity index (χ1n) is 4.78. The Morgan fingerprint density at radius 1 is 1.50 bits per heavy atom. The average Bonchev–Trinajstić information content (AvgIpc) is 2.97. The van der Waals surface area contributed by atoms with E-state index in [9.17, 15) is 0 Å². The van der Waals surface area contributed by atoms with Crippen molar-refractivity contribution < 1.29 is 0 Å². The highest BCUT2D eigenvalue weighted by Crippen LogP contribution is 2.39. The average molecular weight is 189 g/mol. The fourth-order valence-electron chi connectivity index (χ4n) is 1.55. The minimum absolute atomic E-state index is 0.363. The second-order valence-electron chi connectivity index (χ2n) is 3.64. The van der Waals surface area contributed by atoms with E-state index in [1.807, 2.05) is 12.4 Å². The Hall–Kier alpha value is -1.49. The van der Waals surface area contributed by atoms with Gasteiger partial charge in [0.1, 0.15) is 0 Å². The van der Waals surface area contributed by atoms with Gasteiger partial charge in [0.15, 0.2) is 5.82 Å². The molecule has 3 rings (SSSR count). The first kappa shape index (κ1) is 7.87. The molecule has 5 heteroatoms. The molecule has 72 valence electrons. The maximum atomic E-state index is 5.46. The van der Waals surface area contributed by atoms with E-state index in [1.165, 1.54) is 18.4 Å². The van der Waals surface area contributed by atoms with E-state index in [0.717, 1.165) is 0 Å². The highest BCUT2D eigenvalue weighted by molar-refractivity contribution is 5.30. The molecule has 0 amide bonds. The van der Waals surface area contributed by atoms with Gasteiger partial charge in [0, 0.05) is 12.4 Å². The van der Waals surface area contributed by atoms with Crippen molar-refractivity contribution in [3.63, 3.8) is 0 Å². The van der Waals surface area contributed by atoms with Gasteiger partial charge in [-0.05, 0) is 24.3 Å². The maximum Gasteiger partial charge on any atom is 0.252 e. The molecule has 1 aliphatic carbocycles. The van der Waals surface area contributed by atoms with E-state index in [2.05, 4.69) is 15.1 Å². The summed E-state index contributed by atoms with van der Waals surface area (Å²) in [5.74, 6) is 1.97. The number of rotatable bonds is 2. The zero-order chi connectivity index (χ0) is 9.54. The highest BCUT2D eigenvalue weighted by atomic mass is 15.3. The molecule has 2 heterocycles. The van der Waals surface area contributed by atoms with Crippen LogP contribution in [0.4, 0.5) is 0 Å². The van der Waals surface area contributed by atoms with Gasteiger partial charge in [-0.25, -0.2) is 9.50 Å². The Morgan fingerprint density at radius 3 is 3.07 bits per heavy atom. The van der Waals surface area contributed by atoms with Crippen molar-refractivity contribution in [3.8, 4) is 0 Å². The predicted molar refractivity (Wildman–Crippen MR) is 50.6 cm³/mol. The summed E-state index contributed by atoms with van der Waals surface area (Å²) in [4.78, 5) is 8.41. The van der Waals surface area contributed by atoms with E-state index in [4.69, 9.17) is 5.73 Å². The Balaban J connectivity index is 2.12. The number of nitrogens with two attached hydrogens (primary N) is 1. The lowest BCUT2D eigenvalue weighted by Gasteiger charge is -1.95. The molecule has 0 unspecified atom stereocenters. The zero-order valence-corrected chi connectivity index (χ0v) is 7.72. The third-order valence-corrected chi connectivity index (χ3v) is 2.49. The quantitative estimate of drug-likeness (QED) is 0.745. The predicted octanol–water partition coefficient (Wildman–Crippen LogP) is 0.460. The molecule has 1 aliphatic rings. The highest BCUT2D eigenvalue weighted by Gasteiger charge is 2.24. The summed E-state index contributed by atoms with van der Waals surface area (Å²) in [6, 6.07) is 0. The molecular weight excluding hydrogens is 178 g/mol. The van der Waals surface area contributed by atoms with Crippen LogP contribution in [0.15, 0.2) is 12.4 Å². The Labute approximate surface area is 81.0 Å². The van der Waals surface area contributed by atoms with Gasteiger partial charge in [-0.1, -0.05) is 0 Å². The van der Waals surface area contributed by atoms with Crippen molar-refractivity contribution in [2.24, 2.45) is 5.73 Å². The second-order valence-corrected chi connectivity index (χ2v) is 3.64. The van der Waals surface area contributed by atoms with Crippen molar-refractivity contribution in [2.75, 3.05) is 0 Å². The SMILES string of the molecule is NCc1nc2ncc(C3CC3)cn2n1. The lowest BCUT2D eigenvalue weighted by molar-refractivity contribution is 0.853. The Kier molecular flexibility index (Phi) is 1.55. The van der Waals surface area contributed by atoms with Crippen molar-refractivity contribution in [1.82, 2.24) is 19.6 Å². The van der Waals surface area contributed by atoms with Crippen LogP contribution in [0.2, 0.25) is 0 Å². The van der Waals surface area contributed by atoms with Crippen LogP contribution in [0.1, 0.15) is 30.1 Å². The normalized spacial score (nSPS) is 16.4. The van der Waals surface area contributed by atoms with Crippen LogP contribution in [0.5, 0.6) is 0 Å². The topological polar surface area (TPSA) is 69.1 Å². The van der Waals surface area contributed by atoms with Gasteiger partial charge >= 0.3 is 0 Å². The van der Waals surface area contributed by atoms with Crippen LogP contribution in [0.3, 0.4) is 0 Å². The molecule has 1 saturated carbocycles. The second kappa shape index (κ2) is 2.75. The van der Waals surface area contributed by atoms with Crippen LogP contribution >= 0.6 is 0 Å². The molecule has 0 bridgehead atoms. The molecular formula is C9H11N5. The Bertz CT molecular complexity index is 471. The standard InChI is InChI=1S/C9H11N5/c10-3-8-12-9-11-4-7(6-1-2-6)5-14(9)13-8/h4-6H,1-3,10H2. The van der Waals surface area contributed by atoms with Crippen LogP contribution in [-0.4, -0.2) is 19.6 Å².